The zero-order valence-electron chi connectivity index (χ0n) is 8.81. The van der Waals surface area contributed by atoms with E-state index in [1.165, 1.54) is 12.3 Å². The van der Waals surface area contributed by atoms with Gasteiger partial charge in [-0.2, -0.15) is 0 Å². The summed E-state index contributed by atoms with van der Waals surface area (Å²) in [7, 11) is 0. The van der Waals surface area contributed by atoms with Crippen molar-refractivity contribution in [1.29, 1.82) is 0 Å². The topological polar surface area (TPSA) is 94.1 Å². The molecule has 6 nitrogen and oxygen atoms in total. The van der Waals surface area contributed by atoms with Crippen LogP contribution in [0.4, 0.5) is 11.5 Å². The van der Waals surface area contributed by atoms with Crippen molar-refractivity contribution in [2.24, 2.45) is 5.73 Å². The SMILES string of the molecule is CC(N)CCNc1ncc(Cl)cc1[N+](=O)[O-]. The second kappa shape index (κ2) is 5.62. The number of hydrogen-bond donors (Lipinski definition) is 2. The van der Waals surface area contributed by atoms with Crippen LogP contribution in [0.25, 0.3) is 0 Å². The maximum absolute atomic E-state index is 10.7. The van der Waals surface area contributed by atoms with Crippen LogP contribution in [0.15, 0.2) is 12.3 Å². The van der Waals surface area contributed by atoms with Gasteiger partial charge in [0.05, 0.1) is 9.95 Å². The number of rotatable bonds is 5. The van der Waals surface area contributed by atoms with E-state index in [4.69, 9.17) is 17.3 Å². The number of nitrogens with one attached hydrogen (secondary N) is 1. The molecule has 1 aromatic rings. The molecule has 1 aromatic heterocycles. The number of hydrogen-bond acceptors (Lipinski definition) is 5. The average molecular weight is 245 g/mol. The first kappa shape index (κ1) is 12.7. The fraction of sp³-hybridized carbons (Fsp3) is 0.444. The lowest BCUT2D eigenvalue weighted by Gasteiger charge is -2.07. The lowest BCUT2D eigenvalue weighted by atomic mass is 10.2. The Morgan fingerprint density at radius 2 is 2.44 bits per heavy atom. The van der Waals surface area contributed by atoms with Gasteiger partial charge in [-0.05, 0) is 13.3 Å². The van der Waals surface area contributed by atoms with Crippen molar-refractivity contribution >= 4 is 23.1 Å². The molecule has 0 amide bonds. The molecule has 0 saturated heterocycles. The molecular formula is C9H13ClN4O2. The molecule has 1 unspecified atom stereocenters. The van der Waals surface area contributed by atoms with Gasteiger partial charge in [-0.15, -0.1) is 0 Å². The number of nitrogens with zero attached hydrogens (tertiary/aromatic N) is 2. The maximum Gasteiger partial charge on any atom is 0.312 e. The number of aromatic nitrogens is 1. The number of anilines is 1. The number of nitrogens with two attached hydrogens (primary N) is 1. The van der Waals surface area contributed by atoms with Crippen LogP contribution in [0.5, 0.6) is 0 Å². The van der Waals surface area contributed by atoms with Crippen molar-refractivity contribution in [1.82, 2.24) is 4.98 Å². The van der Waals surface area contributed by atoms with Crippen LogP contribution in [0.3, 0.4) is 0 Å². The smallest absolute Gasteiger partial charge is 0.312 e. The summed E-state index contributed by atoms with van der Waals surface area (Å²) in [4.78, 5) is 14.1. The minimum Gasteiger partial charge on any atom is -0.364 e. The Morgan fingerprint density at radius 1 is 1.75 bits per heavy atom. The third kappa shape index (κ3) is 3.63. The van der Waals surface area contributed by atoms with E-state index >= 15 is 0 Å². The van der Waals surface area contributed by atoms with Crippen molar-refractivity contribution in [2.75, 3.05) is 11.9 Å². The van der Waals surface area contributed by atoms with E-state index in [1.54, 1.807) is 0 Å². The van der Waals surface area contributed by atoms with Crippen molar-refractivity contribution in [3.8, 4) is 0 Å². The average Bonchev–Trinajstić information content (AvgIpc) is 2.19. The number of nitro groups is 1. The summed E-state index contributed by atoms with van der Waals surface area (Å²) >= 11 is 5.63. The molecule has 3 N–H and O–H groups in total. The summed E-state index contributed by atoms with van der Waals surface area (Å²) in [5, 5.41) is 13.8. The molecule has 1 rings (SSSR count). The first-order valence-corrected chi connectivity index (χ1v) is 5.18. The highest BCUT2D eigenvalue weighted by atomic mass is 35.5. The summed E-state index contributed by atoms with van der Waals surface area (Å²) in [6.07, 6.45) is 2.07. The molecule has 0 aromatic carbocycles. The van der Waals surface area contributed by atoms with E-state index in [2.05, 4.69) is 10.3 Å². The highest BCUT2D eigenvalue weighted by molar-refractivity contribution is 6.30. The standard InChI is InChI=1S/C9H13ClN4O2/c1-6(11)2-3-12-9-8(14(15)16)4-7(10)5-13-9/h4-6H,2-3,11H2,1H3,(H,12,13). The quantitative estimate of drug-likeness (QED) is 0.608. The Balaban J connectivity index is 2.75. The van der Waals surface area contributed by atoms with Crippen molar-refractivity contribution in [3.05, 3.63) is 27.4 Å². The van der Waals surface area contributed by atoms with Gasteiger partial charge in [0.2, 0.25) is 5.82 Å². The third-order valence-electron chi connectivity index (χ3n) is 1.92. The highest BCUT2D eigenvalue weighted by Gasteiger charge is 2.15. The predicted molar refractivity (Wildman–Crippen MR) is 62.7 cm³/mol. The molecule has 0 aliphatic heterocycles. The zero-order chi connectivity index (χ0) is 12.1. The lowest BCUT2D eigenvalue weighted by molar-refractivity contribution is -0.384. The largest absolute Gasteiger partial charge is 0.364 e. The van der Waals surface area contributed by atoms with Crippen LogP contribution in [0.1, 0.15) is 13.3 Å². The molecule has 0 radical (unpaired) electrons. The van der Waals surface area contributed by atoms with E-state index < -0.39 is 4.92 Å². The van der Waals surface area contributed by atoms with E-state index in [-0.39, 0.29) is 22.6 Å². The molecule has 88 valence electrons. The van der Waals surface area contributed by atoms with Crippen LogP contribution in [0, 0.1) is 10.1 Å². The Hall–Kier alpha value is -1.40. The van der Waals surface area contributed by atoms with Gasteiger partial charge in [-0.1, -0.05) is 11.6 Å². The van der Waals surface area contributed by atoms with Gasteiger partial charge in [0.1, 0.15) is 0 Å². The van der Waals surface area contributed by atoms with Gasteiger partial charge >= 0.3 is 5.69 Å². The fourth-order valence-electron chi connectivity index (χ4n) is 1.12. The monoisotopic (exact) mass is 244 g/mol. The van der Waals surface area contributed by atoms with Gasteiger partial charge in [-0.25, -0.2) is 4.98 Å². The van der Waals surface area contributed by atoms with Crippen LogP contribution in [0.2, 0.25) is 5.02 Å². The molecule has 0 spiro atoms. The second-order valence-electron chi connectivity index (χ2n) is 3.47. The number of pyridine rings is 1. The van der Waals surface area contributed by atoms with Gasteiger partial charge in [0.15, 0.2) is 0 Å². The molecule has 16 heavy (non-hydrogen) atoms. The Labute approximate surface area is 98.0 Å². The molecule has 1 heterocycles. The van der Waals surface area contributed by atoms with E-state index in [0.717, 1.165) is 0 Å². The Kier molecular flexibility index (Phi) is 4.45. The van der Waals surface area contributed by atoms with Crippen molar-refractivity contribution in [2.45, 2.75) is 19.4 Å². The first-order valence-electron chi connectivity index (χ1n) is 4.80. The molecule has 0 saturated carbocycles. The summed E-state index contributed by atoms with van der Waals surface area (Å²) in [6.45, 7) is 2.40. The zero-order valence-corrected chi connectivity index (χ0v) is 9.57. The third-order valence-corrected chi connectivity index (χ3v) is 2.13. The van der Waals surface area contributed by atoms with Gasteiger partial charge in [0.25, 0.3) is 0 Å². The van der Waals surface area contributed by atoms with Crippen LogP contribution in [-0.4, -0.2) is 22.5 Å². The Bertz CT molecular complexity index is 384. The van der Waals surface area contributed by atoms with Crippen LogP contribution >= 0.6 is 11.6 Å². The van der Waals surface area contributed by atoms with Gasteiger partial charge < -0.3 is 11.1 Å². The van der Waals surface area contributed by atoms with Crippen LogP contribution < -0.4 is 11.1 Å². The van der Waals surface area contributed by atoms with E-state index in [9.17, 15) is 10.1 Å². The molecule has 1 atom stereocenters. The molecule has 7 heteroatoms. The van der Waals surface area contributed by atoms with Crippen LogP contribution in [-0.2, 0) is 0 Å². The van der Waals surface area contributed by atoms with Crippen molar-refractivity contribution < 1.29 is 4.92 Å². The predicted octanol–water partition coefficient (Wildman–Crippen LogP) is 1.79. The van der Waals surface area contributed by atoms with E-state index in [1.807, 2.05) is 6.92 Å². The minimum atomic E-state index is -0.521. The molecule has 0 aliphatic carbocycles. The van der Waals surface area contributed by atoms with E-state index in [0.29, 0.717) is 13.0 Å². The normalized spacial score (nSPS) is 12.2. The number of halogens is 1. The molecular weight excluding hydrogens is 232 g/mol. The molecule has 0 bridgehead atoms. The molecule has 0 aliphatic rings. The lowest BCUT2D eigenvalue weighted by Crippen LogP contribution is -2.19. The van der Waals surface area contributed by atoms with Gasteiger partial charge in [0, 0.05) is 24.8 Å². The summed E-state index contributed by atoms with van der Waals surface area (Å²) in [5.74, 6) is 0.218. The first-order chi connectivity index (χ1) is 7.50. The summed E-state index contributed by atoms with van der Waals surface area (Å²) in [5.41, 5.74) is 5.44. The highest BCUT2D eigenvalue weighted by Crippen LogP contribution is 2.24. The Morgan fingerprint density at radius 3 is 3.00 bits per heavy atom. The second-order valence-corrected chi connectivity index (χ2v) is 3.91. The summed E-state index contributed by atoms with van der Waals surface area (Å²) < 4.78 is 0. The fourth-order valence-corrected chi connectivity index (χ4v) is 1.27. The minimum absolute atomic E-state index is 0.0406. The summed E-state index contributed by atoms with van der Waals surface area (Å²) in [6, 6.07) is 1.31. The maximum atomic E-state index is 10.7. The van der Waals surface area contributed by atoms with Crippen molar-refractivity contribution in [3.63, 3.8) is 0 Å². The molecule has 0 fully saturated rings. The van der Waals surface area contributed by atoms with Gasteiger partial charge in [-0.3, -0.25) is 10.1 Å².